The number of esters is 1. The Balaban J connectivity index is 1.51. The highest BCUT2D eigenvalue weighted by atomic mass is 16.5. The van der Waals surface area contributed by atoms with Crippen molar-refractivity contribution in [3.63, 3.8) is 0 Å². The average Bonchev–Trinajstić information content (AvgIpc) is 3.33. The van der Waals surface area contributed by atoms with Crippen molar-refractivity contribution >= 4 is 17.0 Å². The van der Waals surface area contributed by atoms with Crippen LogP contribution in [0.25, 0.3) is 16.7 Å². The molecule has 0 aliphatic heterocycles. The van der Waals surface area contributed by atoms with Crippen LogP contribution in [0.2, 0.25) is 0 Å². The van der Waals surface area contributed by atoms with Crippen LogP contribution in [0.3, 0.4) is 0 Å². The minimum atomic E-state index is -0.496. The summed E-state index contributed by atoms with van der Waals surface area (Å²) in [6.07, 6.45) is 3.18. The van der Waals surface area contributed by atoms with Gasteiger partial charge in [-0.05, 0) is 42.5 Å². The van der Waals surface area contributed by atoms with E-state index in [9.17, 15) is 4.79 Å². The number of aromatic nitrogens is 7. The Morgan fingerprint density at radius 2 is 2.00 bits per heavy atom. The molecule has 0 spiro atoms. The van der Waals surface area contributed by atoms with Crippen molar-refractivity contribution in [3.05, 3.63) is 60.2 Å². The summed E-state index contributed by atoms with van der Waals surface area (Å²) in [5, 5.41) is 16.6. The van der Waals surface area contributed by atoms with Crippen molar-refractivity contribution in [2.45, 2.75) is 26.5 Å². The Morgan fingerprint density at radius 3 is 2.78 bits per heavy atom. The van der Waals surface area contributed by atoms with Gasteiger partial charge >= 0.3 is 5.97 Å². The molecule has 4 aromatic rings. The number of para-hydroxylation sites is 1. The molecule has 0 amide bonds. The smallest absolute Gasteiger partial charge is 0.340 e. The Bertz CT molecular complexity index is 1090. The predicted octanol–water partition coefficient (Wildman–Crippen LogP) is 2.34. The number of ether oxygens (including phenoxy) is 1. The van der Waals surface area contributed by atoms with Crippen LogP contribution in [0.15, 0.2) is 48.8 Å². The number of hydrogen-bond acceptors (Lipinski definition) is 7. The van der Waals surface area contributed by atoms with E-state index in [4.69, 9.17) is 4.74 Å². The highest BCUT2D eigenvalue weighted by Gasteiger charge is 2.15. The van der Waals surface area contributed by atoms with Gasteiger partial charge in [0.25, 0.3) is 0 Å². The molecule has 0 fully saturated rings. The summed E-state index contributed by atoms with van der Waals surface area (Å²) in [5.41, 5.74) is 1.87. The van der Waals surface area contributed by atoms with E-state index in [1.54, 1.807) is 16.9 Å². The van der Waals surface area contributed by atoms with Gasteiger partial charge in [0, 0.05) is 17.6 Å². The van der Waals surface area contributed by atoms with Crippen molar-refractivity contribution in [1.82, 2.24) is 35.0 Å². The third-order valence-corrected chi connectivity index (χ3v) is 4.03. The van der Waals surface area contributed by atoms with Crippen LogP contribution < -0.4 is 0 Å². The second-order valence-electron chi connectivity index (χ2n) is 6.24. The van der Waals surface area contributed by atoms with Crippen molar-refractivity contribution in [3.8, 4) is 5.69 Å². The standard InChI is InChI=1S/C18H17N7O2/c1-12(2)24-17-13(10-20-24)8-14(9-19-17)18(26)27-11-16-21-22-23-25(16)15-6-4-3-5-7-15/h3-10,12H,11H2,1-2H3. The fourth-order valence-electron chi connectivity index (χ4n) is 2.71. The van der Waals surface area contributed by atoms with E-state index in [-0.39, 0.29) is 12.6 Å². The predicted molar refractivity (Wildman–Crippen MR) is 96.2 cm³/mol. The summed E-state index contributed by atoms with van der Waals surface area (Å²) >= 11 is 0. The zero-order chi connectivity index (χ0) is 18.8. The van der Waals surface area contributed by atoms with Crippen molar-refractivity contribution in [2.75, 3.05) is 0 Å². The molecule has 136 valence electrons. The summed E-state index contributed by atoms with van der Waals surface area (Å²) < 4.78 is 8.70. The van der Waals surface area contributed by atoms with Crippen LogP contribution >= 0.6 is 0 Å². The maximum absolute atomic E-state index is 12.4. The summed E-state index contributed by atoms with van der Waals surface area (Å²) in [4.78, 5) is 16.8. The largest absolute Gasteiger partial charge is 0.454 e. The number of hydrogen-bond donors (Lipinski definition) is 0. The molecule has 3 aromatic heterocycles. The maximum Gasteiger partial charge on any atom is 0.340 e. The monoisotopic (exact) mass is 363 g/mol. The molecule has 9 nitrogen and oxygen atoms in total. The van der Waals surface area contributed by atoms with Crippen LogP contribution in [0, 0.1) is 0 Å². The van der Waals surface area contributed by atoms with Gasteiger partial charge in [-0.3, -0.25) is 0 Å². The molecule has 0 saturated carbocycles. The number of pyridine rings is 1. The van der Waals surface area contributed by atoms with Crippen LogP contribution in [0.4, 0.5) is 0 Å². The second kappa shape index (κ2) is 6.94. The van der Waals surface area contributed by atoms with E-state index in [1.165, 1.54) is 10.9 Å². The van der Waals surface area contributed by atoms with E-state index < -0.39 is 5.97 Å². The Morgan fingerprint density at radius 1 is 1.19 bits per heavy atom. The first-order valence-electron chi connectivity index (χ1n) is 8.46. The van der Waals surface area contributed by atoms with Crippen LogP contribution in [0.1, 0.15) is 36.1 Å². The first-order chi connectivity index (χ1) is 13.1. The van der Waals surface area contributed by atoms with E-state index >= 15 is 0 Å². The van der Waals surface area contributed by atoms with Gasteiger partial charge in [-0.1, -0.05) is 18.2 Å². The molecule has 1 aromatic carbocycles. The molecule has 3 heterocycles. The van der Waals surface area contributed by atoms with Crippen LogP contribution in [-0.2, 0) is 11.3 Å². The minimum Gasteiger partial charge on any atom is -0.454 e. The third kappa shape index (κ3) is 3.26. The molecule has 0 radical (unpaired) electrons. The topological polar surface area (TPSA) is 101 Å². The SMILES string of the molecule is CC(C)n1ncc2cc(C(=O)OCc3nnnn3-c3ccccc3)cnc21. The van der Waals surface area contributed by atoms with Crippen LogP contribution in [0.5, 0.6) is 0 Å². The van der Waals surface area contributed by atoms with Gasteiger partial charge in [-0.15, -0.1) is 5.10 Å². The van der Waals surface area contributed by atoms with E-state index in [2.05, 4.69) is 25.6 Å². The van der Waals surface area contributed by atoms with Crippen molar-refractivity contribution in [2.24, 2.45) is 0 Å². The molecule has 9 heteroatoms. The Labute approximate surface area is 154 Å². The van der Waals surface area contributed by atoms with Crippen molar-refractivity contribution < 1.29 is 9.53 Å². The lowest BCUT2D eigenvalue weighted by molar-refractivity contribution is 0.0459. The molecule has 0 bridgehead atoms. The van der Waals surface area contributed by atoms with Gasteiger partial charge in [0.05, 0.1) is 17.4 Å². The van der Waals surface area contributed by atoms with Gasteiger partial charge < -0.3 is 4.74 Å². The Kier molecular flexibility index (Phi) is 4.33. The molecule has 27 heavy (non-hydrogen) atoms. The minimum absolute atomic E-state index is 0.0516. The maximum atomic E-state index is 12.4. The molecule has 0 aliphatic carbocycles. The average molecular weight is 363 g/mol. The van der Waals surface area contributed by atoms with Gasteiger partial charge in [-0.25, -0.2) is 14.5 Å². The number of carbonyl (C=O) groups excluding carboxylic acids is 1. The third-order valence-electron chi connectivity index (χ3n) is 4.03. The highest BCUT2D eigenvalue weighted by Crippen LogP contribution is 2.17. The van der Waals surface area contributed by atoms with Crippen molar-refractivity contribution in [1.29, 1.82) is 0 Å². The zero-order valence-corrected chi connectivity index (χ0v) is 14.9. The van der Waals surface area contributed by atoms with Gasteiger partial charge in [0.2, 0.25) is 0 Å². The van der Waals surface area contributed by atoms with Gasteiger partial charge in [-0.2, -0.15) is 9.78 Å². The summed E-state index contributed by atoms with van der Waals surface area (Å²) in [6, 6.07) is 11.3. The number of carbonyl (C=O) groups is 1. The summed E-state index contributed by atoms with van der Waals surface area (Å²) in [5.74, 6) is -0.0690. The Hall–Kier alpha value is -3.62. The van der Waals surface area contributed by atoms with Gasteiger partial charge in [0.1, 0.15) is 0 Å². The normalized spacial score (nSPS) is 11.2. The van der Waals surface area contributed by atoms with E-state index in [0.717, 1.165) is 16.7 Å². The fraction of sp³-hybridized carbons (Fsp3) is 0.222. The quantitative estimate of drug-likeness (QED) is 0.502. The molecule has 0 aliphatic rings. The van der Waals surface area contributed by atoms with E-state index in [1.807, 2.05) is 44.2 Å². The lowest BCUT2D eigenvalue weighted by atomic mass is 10.2. The molecule has 0 unspecified atom stereocenters. The zero-order valence-electron chi connectivity index (χ0n) is 14.9. The van der Waals surface area contributed by atoms with Gasteiger partial charge in [0.15, 0.2) is 18.1 Å². The lowest BCUT2D eigenvalue weighted by Crippen LogP contribution is -2.10. The van der Waals surface area contributed by atoms with E-state index in [0.29, 0.717) is 11.4 Å². The van der Waals surface area contributed by atoms with Crippen LogP contribution in [-0.4, -0.2) is 40.9 Å². The number of benzene rings is 1. The first-order valence-corrected chi connectivity index (χ1v) is 8.46. The summed E-state index contributed by atoms with van der Waals surface area (Å²) in [6.45, 7) is 3.99. The molecule has 0 saturated heterocycles. The fourth-order valence-corrected chi connectivity index (χ4v) is 2.71. The molecule has 0 atom stereocenters. The number of tetrazole rings is 1. The molecule has 0 N–H and O–H groups in total. The lowest BCUT2D eigenvalue weighted by Gasteiger charge is -2.07. The molecule has 4 rings (SSSR count). The highest BCUT2D eigenvalue weighted by molar-refractivity contribution is 5.92. The molecular formula is C18H17N7O2. The number of rotatable bonds is 5. The first kappa shape index (κ1) is 16.8. The number of nitrogens with zero attached hydrogens (tertiary/aromatic N) is 7. The number of fused-ring (bicyclic) bond motifs is 1. The second-order valence-corrected chi connectivity index (χ2v) is 6.24. The summed E-state index contributed by atoms with van der Waals surface area (Å²) in [7, 11) is 0. The molecular weight excluding hydrogens is 346 g/mol.